The second kappa shape index (κ2) is 35.8. The van der Waals surface area contributed by atoms with Crippen LogP contribution in [-0.4, -0.2) is 0 Å². The first-order chi connectivity index (χ1) is 70.8. The van der Waals surface area contributed by atoms with Crippen molar-refractivity contribution in [3.63, 3.8) is 0 Å². The van der Waals surface area contributed by atoms with E-state index in [0.717, 1.165) is 173 Å². The van der Waals surface area contributed by atoms with E-state index in [1.54, 1.807) is 0 Å². The molecule has 0 radical (unpaired) electrons. The average molecular weight is 1850 g/mol. The van der Waals surface area contributed by atoms with Crippen LogP contribution in [0.15, 0.2) is 551 Å². The Hall–Kier alpha value is -18.6. The molecular formula is C134H88ClN4O4+. The van der Waals surface area contributed by atoms with Crippen LogP contribution < -0.4 is 20.0 Å². The van der Waals surface area contributed by atoms with E-state index in [1.165, 1.54) is 66.8 Å². The molecule has 0 amide bonds. The highest BCUT2D eigenvalue weighted by atomic mass is 35.5. The summed E-state index contributed by atoms with van der Waals surface area (Å²) in [5.74, 6) is 0. The number of para-hydroxylation sites is 7. The fraction of sp³-hybridized carbons (Fsp3) is 0.0149. The van der Waals surface area contributed by atoms with Gasteiger partial charge in [0.15, 0.2) is 5.70 Å². The van der Waals surface area contributed by atoms with E-state index in [9.17, 15) is 0 Å². The molecule has 0 bridgehead atoms. The number of nitrogens with zero attached hydrogens (tertiary/aromatic N) is 3. The second-order valence-electron chi connectivity index (χ2n) is 36.5. The molecule has 8 nitrogen and oxygen atoms in total. The summed E-state index contributed by atoms with van der Waals surface area (Å²) in [5, 5.41) is 13.3. The van der Waals surface area contributed by atoms with E-state index in [2.05, 4.69) is 451 Å². The fourth-order valence-electron chi connectivity index (χ4n) is 22.5. The van der Waals surface area contributed by atoms with E-state index in [4.69, 9.17) is 29.3 Å². The van der Waals surface area contributed by atoms with Crippen LogP contribution in [0.5, 0.6) is 0 Å². The SMILES string of the molecule is Clc1cccc(N(C2=CC=[C+]C=C2)c2ccc(-c3cccc4c3oc3ccccc34)cc2)c1.c1ccc(C2(c3cccc(Nc4cccc5oc6ccccc6c45)c3)c3ccccc3-c3ccccc32)cc1.c1ccc(N(c2ccc(-c3cccc4c3oc3ccccc34)cc2)c2cccc(N(c3cccc(C4(c5ccccc5)c5ccccc5-c5ccccc54)c3)c3cccc4oc5ccccc5c34)c2)cc1. The smallest absolute Gasteiger partial charge is 0.160 e. The van der Waals surface area contributed by atoms with Gasteiger partial charge in [0.1, 0.15) is 56.8 Å². The van der Waals surface area contributed by atoms with Crippen LogP contribution in [0.4, 0.5) is 56.9 Å². The van der Waals surface area contributed by atoms with Crippen LogP contribution in [-0.2, 0) is 10.8 Å². The Morgan fingerprint density at radius 2 is 0.608 bits per heavy atom. The van der Waals surface area contributed by atoms with Gasteiger partial charge < -0.3 is 32.8 Å². The van der Waals surface area contributed by atoms with Crippen LogP contribution >= 0.6 is 11.6 Å². The molecule has 0 atom stereocenters. The Bertz CT molecular complexity index is 9220. The van der Waals surface area contributed by atoms with Crippen LogP contribution in [0.3, 0.4) is 0 Å². The van der Waals surface area contributed by atoms with Gasteiger partial charge in [-0.05, 0) is 223 Å². The van der Waals surface area contributed by atoms with Gasteiger partial charge in [-0.1, -0.05) is 370 Å². The van der Waals surface area contributed by atoms with E-state index in [-0.39, 0.29) is 0 Å². The molecule has 0 saturated heterocycles. The van der Waals surface area contributed by atoms with Crippen LogP contribution in [0, 0.1) is 6.08 Å². The molecule has 21 aromatic carbocycles. The summed E-state index contributed by atoms with van der Waals surface area (Å²) in [6.45, 7) is 0. The van der Waals surface area contributed by atoms with Crippen molar-refractivity contribution in [1.29, 1.82) is 0 Å². The third-order valence-corrected chi connectivity index (χ3v) is 28.8. The minimum Gasteiger partial charge on any atom is -0.456 e. The van der Waals surface area contributed by atoms with Gasteiger partial charge in [0, 0.05) is 100 Å². The maximum absolute atomic E-state index is 6.59. The van der Waals surface area contributed by atoms with Crippen LogP contribution in [0.1, 0.15) is 44.5 Å². The highest BCUT2D eigenvalue weighted by Crippen LogP contribution is 2.60. The summed E-state index contributed by atoms with van der Waals surface area (Å²) in [4.78, 5) is 6.95. The lowest BCUT2D eigenvalue weighted by atomic mass is 9.67. The van der Waals surface area contributed by atoms with Crippen molar-refractivity contribution in [1.82, 2.24) is 0 Å². The molecule has 3 aliphatic carbocycles. The van der Waals surface area contributed by atoms with Crippen molar-refractivity contribution in [2.75, 3.05) is 20.0 Å². The van der Waals surface area contributed by atoms with Gasteiger partial charge in [0.2, 0.25) is 0 Å². The summed E-state index contributed by atoms with van der Waals surface area (Å²) >= 11 is 6.31. The number of benzene rings is 21. The van der Waals surface area contributed by atoms with E-state index in [0.29, 0.717) is 5.02 Å². The molecule has 0 saturated carbocycles. The number of furan rings is 4. The van der Waals surface area contributed by atoms with Crippen LogP contribution in [0.2, 0.25) is 5.02 Å². The van der Waals surface area contributed by atoms with Gasteiger partial charge in [-0.2, -0.15) is 0 Å². The number of anilines is 10. The van der Waals surface area contributed by atoms with Crippen molar-refractivity contribution in [2.24, 2.45) is 0 Å². The quantitative estimate of drug-likeness (QED) is 0.0904. The van der Waals surface area contributed by atoms with Crippen molar-refractivity contribution in [3.05, 3.63) is 589 Å². The molecule has 4 heterocycles. The van der Waals surface area contributed by atoms with Crippen molar-refractivity contribution >= 4 is 156 Å². The predicted molar refractivity (Wildman–Crippen MR) is 592 cm³/mol. The summed E-state index contributed by atoms with van der Waals surface area (Å²) < 4.78 is 25.5. The summed E-state index contributed by atoms with van der Waals surface area (Å²) in [6.07, 6.45) is 11.0. The van der Waals surface area contributed by atoms with Crippen molar-refractivity contribution in [3.8, 4) is 44.5 Å². The molecule has 1 N–H and O–H groups in total. The first-order valence-corrected chi connectivity index (χ1v) is 48.8. The molecule has 0 spiro atoms. The number of fused-ring (bicyclic) bond motifs is 18. The van der Waals surface area contributed by atoms with Gasteiger partial charge >= 0.3 is 0 Å². The topological polar surface area (TPSA) is 74.3 Å². The Labute approximate surface area is 832 Å². The standard InChI is InChI=1S/C67H44N2O2.C37H25NO.C30H19ClNO/c1-3-19-46(20-4-1)67(59-33-11-7-27-54(59)55-28-8-12-34-60(55)67)47-21-15-24-50(43-47)69(61-35-18-38-64-65(61)58-30-10-14-37-63(58)70-64)52-26-16-25-51(44-52)68(48-22-5-2-6-23-48)49-41-39-45(40-42-49)53-31-17-32-57-56-29-9-13-36-62(56)71-66(53)57;1-2-12-25(13-3-1)37(31-19-7-4-16-28(31)29-17-5-8-20-32(29)37)26-14-10-15-27(24-26)38-33-21-11-23-35-36(33)30-18-6-9-22-34(30)39-35;31-22-8-6-11-25(20-22)32(23-9-2-1-3-10-23)24-18-16-21(17-19-24)26-13-7-14-28-27-12-4-5-15-29(27)33-30(26)28/h1-44H;1-24,38H;2-20H/q;;+1. The zero-order chi connectivity index (χ0) is 94.9. The largest absolute Gasteiger partial charge is 0.456 e. The Morgan fingerprint density at radius 1 is 0.245 bits per heavy atom. The maximum atomic E-state index is 6.59. The normalized spacial score (nSPS) is 12.8. The third kappa shape index (κ3) is 14.6. The number of allylic oxidation sites excluding steroid dienone is 5. The third-order valence-electron chi connectivity index (χ3n) is 28.5. The maximum Gasteiger partial charge on any atom is 0.160 e. The monoisotopic (exact) mass is 1850 g/mol. The molecule has 0 aliphatic heterocycles. The molecule has 143 heavy (non-hydrogen) atoms. The van der Waals surface area contributed by atoms with Gasteiger partial charge in [-0.3, -0.25) is 4.90 Å². The Morgan fingerprint density at radius 3 is 1.13 bits per heavy atom. The predicted octanol–water partition coefficient (Wildman–Crippen LogP) is 37.0. The molecule has 674 valence electrons. The first-order valence-electron chi connectivity index (χ1n) is 48.4. The zero-order valence-electron chi connectivity index (χ0n) is 77.6. The fourth-order valence-corrected chi connectivity index (χ4v) is 22.6. The summed E-state index contributed by atoms with van der Waals surface area (Å²) in [5.41, 5.74) is 37.0. The van der Waals surface area contributed by atoms with Gasteiger partial charge in [0.25, 0.3) is 0 Å². The van der Waals surface area contributed by atoms with Gasteiger partial charge in [-0.25, -0.2) is 0 Å². The molecule has 25 aromatic rings. The Balaban J connectivity index is 0.000000122. The second-order valence-corrected chi connectivity index (χ2v) is 36.9. The van der Waals surface area contributed by atoms with E-state index >= 15 is 0 Å². The average Bonchev–Trinajstić information content (AvgIpc) is 1.54. The van der Waals surface area contributed by atoms with Gasteiger partial charge in [0.05, 0.1) is 45.1 Å². The molecule has 4 aromatic heterocycles. The summed E-state index contributed by atoms with van der Waals surface area (Å²) in [6, 6.07) is 179. The van der Waals surface area contributed by atoms with Gasteiger partial charge in [-0.15, -0.1) is 0 Å². The number of halogens is 1. The minimum absolute atomic E-state index is 0.416. The van der Waals surface area contributed by atoms with E-state index < -0.39 is 10.8 Å². The summed E-state index contributed by atoms with van der Waals surface area (Å²) in [7, 11) is 0. The van der Waals surface area contributed by atoms with Crippen molar-refractivity contribution < 1.29 is 17.7 Å². The van der Waals surface area contributed by atoms with Crippen molar-refractivity contribution in [2.45, 2.75) is 10.8 Å². The highest BCUT2D eigenvalue weighted by molar-refractivity contribution is 6.31. The molecule has 9 heteroatoms. The van der Waals surface area contributed by atoms with E-state index in [1.807, 2.05) is 103 Å². The lowest BCUT2D eigenvalue weighted by Gasteiger charge is -2.35. The molecule has 0 unspecified atom stereocenters. The molecule has 0 fully saturated rings. The lowest BCUT2D eigenvalue weighted by Crippen LogP contribution is -2.28. The number of hydrogen-bond acceptors (Lipinski definition) is 8. The highest BCUT2D eigenvalue weighted by Gasteiger charge is 2.48. The number of hydrogen-bond donors (Lipinski definition) is 1. The molecule has 3 aliphatic rings. The van der Waals surface area contributed by atoms with Crippen LogP contribution in [0.25, 0.3) is 132 Å². The molecular weight excluding hydrogens is 1760 g/mol. The number of nitrogens with one attached hydrogen (secondary N) is 1. The number of rotatable bonds is 17. The zero-order valence-corrected chi connectivity index (χ0v) is 78.3. The lowest BCUT2D eigenvalue weighted by molar-refractivity contribution is 0.668. The first kappa shape index (κ1) is 84.9. The molecule has 28 rings (SSSR count). The minimum atomic E-state index is -0.571. The Kier molecular flexibility index (Phi) is 21.2.